The van der Waals surface area contributed by atoms with Gasteiger partial charge >= 0.3 is 0 Å². The third-order valence-corrected chi connectivity index (χ3v) is 2.38. The van der Waals surface area contributed by atoms with Crippen LogP contribution in [0.1, 0.15) is 5.69 Å². The first kappa shape index (κ1) is 8.12. The maximum Gasteiger partial charge on any atom is 0.180 e. The summed E-state index contributed by atoms with van der Waals surface area (Å²) < 4.78 is 0. The van der Waals surface area contributed by atoms with Gasteiger partial charge in [0.1, 0.15) is 6.33 Å². The molecule has 4 nitrogen and oxygen atoms in total. The van der Waals surface area contributed by atoms with E-state index >= 15 is 0 Å². The van der Waals surface area contributed by atoms with Gasteiger partial charge in [0.2, 0.25) is 0 Å². The van der Waals surface area contributed by atoms with E-state index in [1.165, 1.54) is 17.7 Å². The molecule has 0 fully saturated rings. The summed E-state index contributed by atoms with van der Waals surface area (Å²) in [5.41, 5.74) is 8.24. The molecule has 2 rings (SSSR count). The summed E-state index contributed by atoms with van der Waals surface area (Å²) in [6.07, 6.45) is 3.27. The van der Waals surface area contributed by atoms with E-state index in [0.717, 1.165) is 17.0 Å². The largest absolute Gasteiger partial charge is 0.375 e. The lowest BCUT2D eigenvalue weighted by Crippen LogP contribution is -1.89. The smallest absolute Gasteiger partial charge is 0.180 e. The second kappa shape index (κ2) is 3.10. The topological polar surface area (TPSA) is 64.7 Å². The summed E-state index contributed by atoms with van der Waals surface area (Å²) in [6.45, 7) is 1.92. The Balaban J connectivity index is 2.52. The lowest BCUT2D eigenvalue weighted by atomic mass is 10.2. The number of anilines is 1. The van der Waals surface area contributed by atoms with E-state index in [9.17, 15) is 0 Å². The van der Waals surface area contributed by atoms with Crippen molar-refractivity contribution in [1.29, 1.82) is 0 Å². The standard InChI is InChI=1S/C8H8N4S/c1-5-6(2-10-4-11-5)7-3-13-8(9)12-7/h2-4H,1H3,(H2,9,12). The predicted molar refractivity (Wildman–Crippen MR) is 52.3 cm³/mol. The molecule has 0 aliphatic heterocycles. The van der Waals surface area contributed by atoms with E-state index < -0.39 is 0 Å². The van der Waals surface area contributed by atoms with Gasteiger partial charge < -0.3 is 5.73 Å². The number of aryl methyl sites for hydroxylation is 1. The molecule has 5 heteroatoms. The number of nitrogen functional groups attached to an aromatic ring is 1. The molecule has 0 saturated carbocycles. The molecule has 0 unspecified atom stereocenters. The summed E-state index contributed by atoms with van der Waals surface area (Å²) in [5, 5.41) is 2.47. The van der Waals surface area contributed by atoms with Crippen LogP contribution in [0.2, 0.25) is 0 Å². The van der Waals surface area contributed by atoms with E-state index in [1.54, 1.807) is 6.20 Å². The molecule has 0 saturated heterocycles. The van der Waals surface area contributed by atoms with Crippen LogP contribution in [0.25, 0.3) is 11.3 Å². The van der Waals surface area contributed by atoms with Gasteiger partial charge in [-0.05, 0) is 6.92 Å². The third kappa shape index (κ3) is 1.50. The second-order valence-electron chi connectivity index (χ2n) is 2.59. The van der Waals surface area contributed by atoms with Crippen molar-refractivity contribution in [3.8, 4) is 11.3 Å². The molecule has 0 amide bonds. The lowest BCUT2D eigenvalue weighted by molar-refractivity contribution is 1.10. The van der Waals surface area contributed by atoms with Crippen molar-refractivity contribution >= 4 is 16.5 Å². The molecule has 0 aromatic carbocycles. The molecule has 0 bridgehead atoms. The van der Waals surface area contributed by atoms with Crippen LogP contribution in [-0.4, -0.2) is 15.0 Å². The Kier molecular flexibility index (Phi) is 1.94. The first-order chi connectivity index (χ1) is 6.27. The molecular weight excluding hydrogens is 184 g/mol. The molecule has 0 atom stereocenters. The number of nitrogens with zero attached hydrogens (tertiary/aromatic N) is 3. The van der Waals surface area contributed by atoms with Crippen LogP contribution in [0.5, 0.6) is 0 Å². The van der Waals surface area contributed by atoms with Crippen LogP contribution < -0.4 is 5.73 Å². The van der Waals surface area contributed by atoms with Crippen LogP contribution in [0.4, 0.5) is 5.13 Å². The quantitative estimate of drug-likeness (QED) is 0.743. The first-order valence-electron chi connectivity index (χ1n) is 3.75. The Labute approximate surface area is 79.5 Å². The van der Waals surface area contributed by atoms with Crippen LogP contribution >= 0.6 is 11.3 Å². The molecule has 2 aromatic heterocycles. The van der Waals surface area contributed by atoms with Crippen molar-refractivity contribution in [1.82, 2.24) is 15.0 Å². The Hall–Kier alpha value is -1.49. The Morgan fingerprint density at radius 3 is 2.92 bits per heavy atom. The highest BCUT2D eigenvalue weighted by Crippen LogP contribution is 2.23. The monoisotopic (exact) mass is 192 g/mol. The SMILES string of the molecule is Cc1ncncc1-c1csc(N)n1. The van der Waals surface area contributed by atoms with Gasteiger partial charge in [0, 0.05) is 17.1 Å². The van der Waals surface area contributed by atoms with Gasteiger partial charge in [-0.2, -0.15) is 0 Å². The zero-order chi connectivity index (χ0) is 9.26. The molecule has 2 heterocycles. The fourth-order valence-electron chi connectivity index (χ4n) is 1.05. The minimum absolute atomic E-state index is 0.568. The Morgan fingerprint density at radius 1 is 1.46 bits per heavy atom. The second-order valence-corrected chi connectivity index (χ2v) is 3.48. The van der Waals surface area contributed by atoms with Crippen molar-refractivity contribution in [2.75, 3.05) is 5.73 Å². The third-order valence-electron chi connectivity index (χ3n) is 1.71. The molecule has 0 radical (unpaired) electrons. The fourth-order valence-corrected chi connectivity index (χ4v) is 1.62. The molecule has 13 heavy (non-hydrogen) atoms. The molecule has 2 aromatic rings. The van der Waals surface area contributed by atoms with Gasteiger partial charge in [-0.15, -0.1) is 11.3 Å². The van der Waals surface area contributed by atoms with Gasteiger partial charge in [0.25, 0.3) is 0 Å². The number of aromatic nitrogens is 3. The minimum Gasteiger partial charge on any atom is -0.375 e. The van der Waals surface area contributed by atoms with Crippen LogP contribution in [0.15, 0.2) is 17.9 Å². The molecule has 0 aliphatic carbocycles. The van der Waals surface area contributed by atoms with Crippen molar-refractivity contribution in [2.45, 2.75) is 6.92 Å². The van der Waals surface area contributed by atoms with Crippen LogP contribution in [0, 0.1) is 6.92 Å². The zero-order valence-electron chi connectivity index (χ0n) is 7.06. The Bertz CT molecular complexity index is 424. The van der Waals surface area contributed by atoms with Gasteiger partial charge in [0.05, 0.1) is 11.4 Å². The lowest BCUT2D eigenvalue weighted by Gasteiger charge is -1.98. The van der Waals surface area contributed by atoms with E-state index in [4.69, 9.17) is 5.73 Å². The maximum atomic E-state index is 5.53. The summed E-state index contributed by atoms with van der Waals surface area (Å²) in [4.78, 5) is 12.2. The van der Waals surface area contributed by atoms with Gasteiger partial charge in [-0.1, -0.05) is 0 Å². The highest BCUT2D eigenvalue weighted by molar-refractivity contribution is 7.13. The summed E-state index contributed by atoms with van der Waals surface area (Å²) >= 11 is 1.42. The number of hydrogen-bond acceptors (Lipinski definition) is 5. The predicted octanol–water partition coefficient (Wildman–Crippen LogP) is 1.49. The molecule has 0 spiro atoms. The van der Waals surface area contributed by atoms with Gasteiger partial charge in [0.15, 0.2) is 5.13 Å². The Morgan fingerprint density at radius 2 is 2.31 bits per heavy atom. The minimum atomic E-state index is 0.568. The summed E-state index contributed by atoms with van der Waals surface area (Å²) in [5.74, 6) is 0. The van der Waals surface area contributed by atoms with Crippen LogP contribution in [-0.2, 0) is 0 Å². The van der Waals surface area contributed by atoms with Crippen molar-refractivity contribution in [3.63, 3.8) is 0 Å². The summed E-state index contributed by atoms with van der Waals surface area (Å²) in [6, 6.07) is 0. The number of hydrogen-bond donors (Lipinski definition) is 1. The fraction of sp³-hybridized carbons (Fsp3) is 0.125. The van der Waals surface area contributed by atoms with Crippen LogP contribution in [0.3, 0.4) is 0 Å². The number of thiazole rings is 1. The normalized spacial score (nSPS) is 10.2. The first-order valence-corrected chi connectivity index (χ1v) is 4.63. The average molecular weight is 192 g/mol. The van der Waals surface area contributed by atoms with Gasteiger partial charge in [-0.25, -0.2) is 15.0 Å². The molecule has 2 N–H and O–H groups in total. The van der Waals surface area contributed by atoms with Gasteiger partial charge in [-0.3, -0.25) is 0 Å². The summed E-state index contributed by atoms with van der Waals surface area (Å²) in [7, 11) is 0. The average Bonchev–Trinajstić information content (AvgIpc) is 2.53. The highest BCUT2D eigenvalue weighted by atomic mass is 32.1. The van der Waals surface area contributed by atoms with Crippen molar-refractivity contribution in [3.05, 3.63) is 23.6 Å². The van der Waals surface area contributed by atoms with Crippen molar-refractivity contribution < 1.29 is 0 Å². The highest BCUT2D eigenvalue weighted by Gasteiger charge is 2.05. The molecule has 0 aliphatic rings. The number of nitrogens with two attached hydrogens (primary N) is 1. The maximum absolute atomic E-state index is 5.53. The zero-order valence-corrected chi connectivity index (χ0v) is 7.88. The van der Waals surface area contributed by atoms with E-state index in [-0.39, 0.29) is 0 Å². The van der Waals surface area contributed by atoms with E-state index in [1.807, 2.05) is 12.3 Å². The molecule has 66 valence electrons. The number of rotatable bonds is 1. The van der Waals surface area contributed by atoms with E-state index in [2.05, 4.69) is 15.0 Å². The van der Waals surface area contributed by atoms with Crippen molar-refractivity contribution in [2.24, 2.45) is 0 Å². The molecular formula is C8H8N4S. The van der Waals surface area contributed by atoms with E-state index in [0.29, 0.717) is 5.13 Å².